The Balaban J connectivity index is 1.87. The topological polar surface area (TPSA) is 105 Å². The molecule has 3 rings (SSSR count). The van der Waals surface area contributed by atoms with E-state index < -0.39 is 40.6 Å². The normalized spacial score (nSPS) is 12.8. The number of ether oxygens (including phenoxy) is 1. The van der Waals surface area contributed by atoms with Gasteiger partial charge in [-0.3, -0.25) is 4.79 Å². The van der Waals surface area contributed by atoms with Gasteiger partial charge in [0.15, 0.2) is 0 Å². The number of rotatable bonds is 8. The van der Waals surface area contributed by atoms with Crippen LogP contribution in [0.1, 0.15) is 11.5 Å². The molecule has 7 nitrogen and oxygen atoms in total. The summed E-state index contributed by atoms with van der Waals surface area (Å²) in [6, 6.07) is 13.3. The average molecular weight is 563 g/mol. The summed E-state index contributed by atoms with van der Waals surface area (Å²) in [4.78, 5) is 12.8. The molecule has 1 unspecified atom stereocenters. The lowest BCUT2D eigenvalue weighted by Crippen LogP contribution is -2.24. The first kappa shape index (κ1) is 27.8. The van der Waals surface area contributed by atoms with Gasteiger partial charge in [-0.2, -0.15) is 0 Å². The van der Waals surface area contributed by atoms with Gasteiger partial charge in [-0.15, -0.1) is 13.2 Å². The fourth-order valence-corrected chi connectivity index (χ4v) is 4.78. The Labute approximate surface area is 214 Å². The van der Waals surface area contributed by atoms with Gasteiger partial charge in [0.25, 0.3) is 0 Å². The van der Waals surface area contributed by atoms with Gasteiger partial charge >= 0.3 is 6.36 Å². The van der Waals surface area contributed by atoms with Gasteiger partial charge < -0.3 is 15.2 Å². The highest BCUT2D eigenvalue weighted by atomic mass is 35.5. The fraction of sp³-hybridized carbons (Fsp3) is 0.174. The van der Waals surface area contributed by atoms with Crippen LogP contribution in [-0.2, 0) is 14.8 Å². The first-order chi connectivity index (χ1) is 16.9. The number of alkyl halides is 3. The second kappa shape index (κ2) is 11.1. The zero-order valence-electron chi connectivity index (χ0n) is 18.4. The Morgan fingerprint density at radius 3 is 2.17 bits per heavy atom. The van der Waals surface area contributed by atoms with E-state index in [-0.39, 0.29) is 31.8 Å². The highest BCUT2D eigenvalue weighted by Crippen LogP contribution is 2.42. The van der Waals surface area contributed by atoms with Crippen LogP contribution < -0.4 is 14.8 Å². The maximum Gasteiger partial charge on any atom is 0.573 e. The molecule has 1 amide bonds. The minimum atomic E-state index is -4.93. The van der Waals surface area contributed by atoms with E-state index in [1.807, 2.05) is 0 Å². The minimum absolute atomic E-state index is 0.00690. The van der Waals surface area contributed by atoms with Crippen molar-refractivity contribution in [2.75, 3.05) is 19.0 Å². The van der Waals surface area contributed by atoms with Crippen LogP contribution in [0.2, 0.25) is 10.0 Å². The van der Waals surface area contributed by atoms with Crippen molar-refractivity contribution >= 4 is 44.8 Å². The maximum atomic E-state index is 12.8. The van der Waals surface area contributed by atoms with Crippen molar-refractivity contribution in [3.05, 3.63) is 76.3 Å². The van der Waals surface area contributed by atoms with Crippen LogP contribution in [-0.4, -0.2) is 39.4 Å². The molecule has 0 radical (unpaired) electrons. The summed E-state index contributed by atoms with van der Waals surface area (Å²) in [5.41, 5.74) is 0.529. The van der Waals surface area contributed by atoms with E-state index in [4.69, 9.17) is 23.2 Å². The molecule has 0 aliphatic carbocycles. The van der Waals surface area contributed by atoms with Crippen molar-refractivity contribution in [1.29, 1.82) is 0 Å². The number of benzene rings is 3. The molecular weight excluding hydrogens is 544 g/mol. The Hall–Kier alpha value is -2.83. The third kappa shape index (κ3) is 6.48. The second-order valence-electron chi connectivity index (χ2n) is 7.36. The number of amides is 1. The molecule has 0 aliphatic rings. The Morgan fingerprint density at radius 1 is 1.06 bits per heavy atom. The highest BCUT2D eigenvalue weighted by molar-refractivity contribution is 7.89. The molecule has 3 N–H and O–H groups in total. The third-order valence-electron chi connectivity index (χ3n) is 5.05. The lowest BCUT2D eigenvalue weighted by molar-refractivity contribution is -0.274. The molecule has 3 aromatic rings. The summed E-state index contributed by atoms with van der Waals surface area (Å²) in [6.45, 7) is -0.592. The van der Waals surface area contributed by atoms with Gasteiger partial charge in [-0.25, -0.2) is 13.1 Å². The lowest BCUT2D eigenvalue weighted by Gasteiger charge is -2.18. The molecule has 0 spiro atoms. The Morgan fingerprint density at radius 2 is 1.64 bits per heavy atom. The van der Waals surface area contributed by atoms with Crippen molar-refractivity contribution in [1.82, 2.24) is 4.72 Å². The summed E-state index contributed by atoms with van der Waals surface area (Å²) < 4.78 is 68.4. The lowest BCUT2D eigenvalue weighted by atomic mass is 9.99. The largest absolute Gasteiger partial charge is 0.573 e. The number of para-hydroxylation sites is 1. The first-order valence-corrected chi connectivity index (χ1v) is 12.4. The molecule has 0 aromatic heterocycles. The van der Waals surface area contributed by atoms with Crippen LogP contribution >= 0.6 is 23.2 Å². The third-order valence-corrected chi connectivity index (χ3v) is 7.08. The van der Waals surface area contributed by atoms with Crippen LogP contribution in [0.5, 0.6) is 5.75 Å². The number of hydrogen-bond acceptors (Lipinski definition) is 5. The minimum Gasteiger partial charge on any atom is -0.405 e. The fourth-order valence-electron chi connectivity index (χ4n) is 3.36. The molecule has 0 heterocycles. The Bertz CT molecular complexity index is 1340. The van der Waals surface area contributed by atoms with E-state index in [2.05, 4.69) is 14.8 Å². The number of halogens is 5. The first-order valence-electron chi connectivity index (χ1n) is 10.2. The molecule has 1 atom stereocenters. The number of carbonyl (C=O) groups excluding carboxylic acids is 1. The molecule has 0 aliphatic heterocycles. The van der Waals surface area contributed by atoms with Crippen molar-refractivity contribution in [2.45, 2.75) is 17.2 Å². The Kier molecular flexibility index (Phi) is 8.52. The molecule has 192 valence electrons. The number of carbonyl (C=O) groups is 1. The zero-order valence-corrected chi connectivity index (χ0v) is 20.8. The van der Waals surface area contributed by atoms with Gasteiger partial charge in [-0.05, 0) is 42.9 Å². The summed E-state index contributed by atoms with van der Waals surface area (Å²) in [5.74, 6) is -2.22. The summed E-state index contributed by atoms with van der Waals surface area (Å²) in [7, 11) is -2.42. The molecule has 13 heteroatoms. The van der Waals surface area contributed by atoms with Crippen molar-refractivity contribution in [3.63, 3.8) is 0 Å². The van der Waals surface area contributed by atoms with Gasteiger partial charge in [0.1, 0.15) is 5.75 Å². The van der Waals surface area contributed by atoms with E-state index in [0.717, 1.165) is 6.07 Å². The zero-order chi connectivity index (χ0) is 26.7. The molecule has 36 heavy (non-hydrogen) atoms. The predicted molar refractivity (Wildman–Crippen MR) is 130 cm³/mol. The standard InChI is InChI=1S/C23H19Cl2F3N2O5S/c1-29-36(33,34)15-8-6-13(7-9-15)17(12-31)22(32)30-14-10-18(24)21(19(25)11-14)16-4-2-3-5-20(16)35-23(26,27)28/h2-11,17,29,31H,12H2,1H3,(H,30,32). The van der Waals surface area contributed by atoms with E-state index in [0.29, 0.717) is 5.56 Å². The summed E-state index contributed by atoms with van der Waals surface area (Å²) in [6.07, 6.45) is -4.93. The van der Waals surface area contributed by atoms with Gasteiger partial charge in [-0.1, -0.05) is 53.5 Å². The number of nitrogens with one attached hydrogen (secondary N) is 2. The van der Waals surface area contributed by atoms with Crippen LogP contribution in [0.15, 0.2) is 65.6 Å². The molecule has 0 bridgehead atoms. The average Bonchev–Trinajstić information content (AvgIpc) is 2.79. The number of anilines is 1. The molecular formula is C23H19Cl2F3N2O5S. The van der Waals surface area contributed by atoms with Gasteiger partial charge in [0.05, 0.1) is 27.5 Å². The van der Waals surface area contributed by atoms with Crippen molar-refractivity contribution < 1.29 is 36.2 Å². The molecule has 0 saturated carbocycles. The molecule has 0 saturated heterocycles. The summed E-state index contributed by atoms with van der Waals surface area (Å²) >= 11 is 12.6. The number of hydrogen-bond donors (Lipinski definition) is 3. The number of sulfonamides is 1. The van der Waals surface area contributed by atoms with Crippen LogP contribution in [0, 0.1) is 0 Å². The SMILES string of the molecule is CNS(=O)(=O)c1ccc(C(CO)C(=O)Nc2cc(Cl)c(-c3ccccc3OC(F)(F)F)c(Cl)c2)cc1. The van der Waals surface area contributed by atoms with Gasteiger partial charge in [0, 0.05) is 16.8 Å². The van der Waals surface area contributed by atoms with Gasteiger partial charge in [0.2, 0.25) is 15.9 Å². The van der Waals surface area contributed by atoms with E-state index in [1.54, 1.807) is 0 Å². The number of aliphatic hydroxyl groups is 1. The smallest absolute Gasteiger partial charge is 0.405 e. The van der Waals surface area contributed by atoms with E-state index in [1.165, 1.54) is 61.6 Å². The predicted octanol–water partition coefficient (Wildman–Crippen LogP) is 5.18. The quantitative estimate of drug-likeness (QED) is 0.351. The second-order valence-corrected chi connectivity index (χ2v) is 10.1. The van der Waals surface area contributed by atoms with Crippen LogP contribution in [0.3, 0.4) is 0 Å². The van der Waals surface area contributed by atoms with Crippen molar-refractivity contribution in [2.24, 2.45) is 0 Å². The summed E-state index contributed by atoms with van der Waals surface area (Å²) in [5, 5.41) is 12.2. The van der Waals surface area contributed by atoms with Crippen LogP contribution in [0.4, 0.5) is 18.9 Å². The maximum absolute atomic E-state index is 12.8. The molecule has 0 fully saturated rings. The molecule has 3 aromatic carbocycles. The highest BCUT2D eigenvalue weighted by Gasteiger charge is 2.32. The van der Waals surface area contributed by atoms with Crippen molar-refractivity contribution in [3.8, 4) is 16.9 Å². The van der Waals surface area contributed by atoms with E-state index in [9.17, 15) is 31.5 Å². The monoisotopic (exact) mass is 562 g/mol. The van der Waals surface area contributed by atoms with E-state index >= 15 is 0 Å². The van der Waals surface area contributed by atoms with Crippen LogP contribution in [0.25, 0.3) is 11.1 Å². The number of aliphatic hydroxyl groups excluding tert-OH is 1.